The summed E-state index contributed by atoms with van der Waals surface area (Å²) >= 11 is 1.85. The van der Waals surface area contributed by atoms with Crippen LogP contribution in [-0.4, -0.2) is 0 Å². The summed E-state index contributed by atoms with van der Waals surface area (Å²) in [6.45, 7) is 7.05. The van der Waals surface area contributed by atoms with E-state index in [1.165, 1.54) is 59.1 Å². The zero-order valence-corrected chi connectivity index (χ0v) is 32.4. The first kappa shape index (κ1) is 33.0. The van der Waals surface area contributed by atoms with Crippen molar-refractivity contribution in [2.45, 2.75) is 32.6 Å². The van der Waals surface area contributed by atoms with Gasteiger partial charge in [0, 0.05) is 37.0 Å². The van der Waals surface area contributed by atoms with Crippen molar-refractivity contribution in [1.29, 1.82) is 0 Å². The van der Waals surface area contributed by atoms with Gasteiger partial charge in [0.2, 0.25) is 0 Å². The van der Waals surface area contributed by atoms with Gasteiger partial charge in [0.1, 0.15) is 0 Å². The van der Waals surface area contributed by atoms with Crippen molar-refractivity contribution in [3.63, 3.8) is 0 Å². The third kappa shape index (κ3) is 5.09. The van der Waals surface area contributed by atoms with E-state index < -0.39 is 0 Å². The largest absolute Gasteiger partial charge is 0.449 e. The Morgan fingerprint density at radius 2 is 1.36 bits per heavy atom. The fourth-order valence-corrected chi connectivity index (χ4v) is 10.6. The van der Waals surface area contributed by atoms with Crippen molar-refractivity contribution in [1.82, 2.24) is 0 Å². The topological polar surface area (TPSA) is 21.7 Å². The number of ether oxygens (including phenoxy) is 2. The predicted molar refractivity (Wildman–Crippen MR) is 234 cm³/mol. The molecule has 4 heteroatoms. The molecule has 0 spiro atoms. The molecular weight excluding hydrogens is 703 g/mol. The van der Waals surface area contributed by atoms with Crippen LogP contribution in [0.3, 0.4) is 0 Å². The molecule has 0 saturated carbocycles. The highest BCUT2D eigenvalue weighted by molar-refractivity contribution is 7.25. The Hall–Kier alpha value is -6.36. The Morgan fingerprint density at radius 1 is 0.607 bits per heavy atom. The lowest BCUT2D eigenvalue weighted by molar-refractivity contribution is 0.359. The van der Waals surface area contributed by atoms with Gasteiger partial charge < -0.3 is 14.4 Å². The molecule has 1 aromatic heterocycles. The minimum absolute atomic E-state index is 0.0989. The molecule has 1 unspecified atom stereocenters. The van der Waals surface area contributed by atoms with E-state index in [-0.39, 0.29) is 5.41 Å². The standard InChI is InChI=1S/C52H39NO2S/c1-32-13-9-20-39-41-30-45-46(31-42(41)52(2,3)50(32)39)55-51-43(21-12-22-44(51)54-45)53(37-17-10-16-35(29-37)33-14-5-4-6-15-33)36-27-25-34(26-28-36)38-19-11-24-48-49(38)40-18-7-8-23-47(40)56-48/h4-12,14-32H,13H2,1-3H3. The highest BCUT2D eigenvalue weighted by Crippen LogP contribution is 2.58. The molecule has 0 saturated heterocycles. The van der Waals surface area contributed by atoms with E-state index in [2.05, 4.69) is 183 Å². The van der Waals surface area contributed by atoms with Gasteiger partial charge in [-0.25, -0.2) is 0 Å². The van der Waals surface area contributed by atoms with Crippen molar-refractivity contribution in [3.05, 3.63) is 181 Å². The molecule has 11 rings (SSSR count). The van der Waals surface area contributed by atoms with E-state index in [9.17, 15) is 0 Å². The lowest BCUT2D eigenvalue weighted by atomic mass is 9.74. The normalized spacial score (nSPS) is 16.2. The van der Waals surface area contributed by atoms with Crippen LogP contribution in [-0.2, 0) is 5.41 Å². The molecule has 8 aromatic rings. The van der Waals surface area contributed by atoms with Crippen LogP contribution in [0.5, 0.6) is 23.0 Å². The maximum atomic E-state index is 7.02. The Bertz CT molecular complexity index is 2930. The number of rotatable bonds is 5. The molecule has 1 atom stereocenters. The van der Waals surface area contributed by atoms with E-state index in [0.29, 0.717) is 17.4 Å². The van der Waals surface area contributed by atoms with E-state index in [4.69, 9.17) is 9.47 Å². The summed E-state index contributed by atoms with van der Waals surface area (Å²) in [7, 11) is 0. The Morgan fingerprint density at radius 3 is 2.23 bits per heavy atom. The van der Waals surface area contributed by atoms with Crippen LogP contribution in [0.1, 0.15) is 38.3 Å². The number of fused-ring (bicyclic) bond motifs is 7. The lowest BCUT2D eigenvalue weighted by Crippen LogP contribution is -2.22. The zero-order chi connectivity index (χ0) is 37.5. The fourth-order valence-electron chi connectivity index (χ4n) is 9.43. The summed E-state index contributed by atoms with van der Waals surface area (Å²) in [4.78, 5) is 2.30. The Labute approximate surface area is 331 Å². The summed E-state index contributed by atoms with van der Waals surface area (Å²) < 4.78 is 16.4. The van der Waals surface area contributed by atoms with Gasteiger partial charge in [-0.15, -0.1) is 11.3 Å². The van der Waals surface area contributed by atoms with Crippen LogP contribution in [0, 0.1) is 5.92 Å². The van der Waals surface area contributed by atoms with Crippen LogP contribution in [0.2, 0.25) is 0 Å². The molecule has 0 radical (unpaired) electrons. The number of hydrogen-bond donors (Lipinski definition) is 0. The molecule has 2 heterocycles. The summed E-state index contributed by atoms with van der Waals surface area (Å²) in [6.07, 6.45) is 5.69. The Kier molecular flexibility index (Phi) is 7.42. The third-order valence-corrected chi connectivity index (χ3v) is 13.1. The van der Waals surface area contributed by atoms with Crippen LogP contribution in [0.25, 0.3) is 48.0 Å². The molecule has 0 bridgehead atoms. The van der Waals surface area contributed by atoms with Gasteiger partial charge in [-0.3, -0.25) is 0 Å². The Balaban J connectivity index is 1.04. The molecule has 2 aliphatic carbocycles. The van der Waals surface area contributed by atoms with Gasteiger partial charge in [0.05, 0.1) is 5.69 Å². The number of benzene rings is 7. The second-order valence-corrected chi connectivity index (χ2v) is 16.8. The highest BCUT2D eigenvalue weighted by atomic mass is 32.1. The van der Waals surface area contributed by atoms with Crippen molar-refractivity contribution < 1.29 is 9.47 Å². The summed E-state index contributed by atoms with van der Waals surface area (Å²) in [5.74, 6) is 3.39. The number of nitrogens with zero attached hydrogens (tertiary/aromatic N) is 1. The molecule has 0 amide bonds. The van der Waals surface area contributed by atoms with Crippen LogP contribution >= 0.6 is 11.3 Å². The highest BCUT2D eigenvalue weighted by Gasteiger charge is 2.42. The summed E-state index contributed by atoms with van der Waals surface area (Å²) in [6, 6.07) is 54.3. The van der Waals surface area contributed by atoms with E-state index in [1.807, 2.05) is 17.4 Å². The first-order valence-corrected chi connectivity index (χ1v) is 20.3. The maximum Gasteiger partial charge on any atom is 0.194 e. The van der Waals surface area contributed by atoms with E-state index in [0.717, 1.165) is 40.5 Å². The average molecular weight is 742 g/mol. The molecule has 3 aliphatic rings. The van der Waals surface area contributed by atoms with Gasteiger partial charge in [0.15, 0.2) is 23.0 Å². The van der Waals surface area contributed by atoms with E-state index in [1.54, 1.807) is 0 Å². The molecule has 270 valence electrons. The average Bonchev–Trinajstić information content (AvgIpc) is 3.72. The fraction of sp³-hybridized carbons (Fsp3) is 0.115. The van der Waals surface area contributed by atoms with Gasteiger partial charge in [-0.1, -0.05) is 124 Å². The van der Waals surface area contributed by atoms with Crippen molar-refractivity contribution in [3.8, 4) is 45.3 Å². The summed E-state index contributed by atoms with van der Waals surface area (Å²) in [5, 5.41) is 2.61. The number of thiophene rings is 1. The van der Waals surface area contributed by atoms with Gasteiger partial charge >= 0.3 is 0 Å². The molecule has 3 nitrogen and oxygen atoms in total. The van der Waals surface area contributed by atoms with Crippen molar-refractivity contribution in [2.75, 3.05) is 4.90 Å². The third-order valence-electron chi connectivity index (χ3n) is 12.0. The molecular formula is C52H39NO2S. The molecule has 56 heavy (non-hydrogen) atoms. The number of allylic oxidation sites excluding steroid dienone is 4. The van der Waals surface area contributed by atoms with Crippen molar-refractivity contribution in [2.24, 2.45) is 5.92 Å². The lowest BCUT2D eigenvalue weighted by Gasteiger charge is -2.32. The van der Waals surface area contributed by atoms with Crippen LogP contribution < -0.4 is 14.4 Å². The van der Waals surface area contributed by atoms with Gasteiger partial charge in [0.25, 0.3) is 0 Å². The second-order valence-electron chi connectivity index (χ2n) is 15.7. The molecule has 1 aliphatic heterocycles. The SMILES string of the molecule is CC1CC=CC2=C1C(C)(C)c1cc3c(cc12)Oc1cccc(N(c2ccc(-c4cccc5sc6ccccc6c45)cc2)c2cccc(-c4ccccc4)c2)c1O3. The smallest absolute Gasteiger partial charge is 0.194 e. The minimum Gasteiger partial charge on any atom is -0.449 e. The summed E-state index contributed by atoms with van der Waals surface area (Å²) in [5.41, 5.74) is 13.0. The predicted octanol–water partition coefficient (Wildman–Crippen LogP) is 15.4. The quantitative estimate of drug-likeness (QED) is 0.175. The first-order valence-electron chi connectivity index (χ1n) is 19.5. The van der Waals surface area contributed by atoms with Crippen LogP contribution in [0.4, 0.5) is 17.1 Å². The van der Waals surface area contributed by atoms with E-state index >= 15 is 0 Å². The molecule has 0 fully saturated rings. The maximum absolute atomic E-state index is 7.02. The first-order chi connectivity index (χ1) is 27.4. The van der Waals surface area contributed by atoms with Crippen molar-refractivity contribution >= 4 is 54.1 Å². The van der Waals surface area contributed by atoms with Gasteiger partial charge in [-0.2, -0.15) is 0 Å². The monoisotopic (exact) mass is 741 g/mol. The number of hydrogen-bond acceptors (Lipinski definition) is 4. The minimum atomic E-state index is -0.0989. The van der Waals surface area contributed by atoms with Gasteiger partial charge in [-0.05, 0) is 118 Å². The molecule has 7 aromatic carbocycles. The number of anilines is 3. The number of para-hydroxylation sites is 1. The van der Waals surface area contributed by atoms with Crippen LogP contribution in [0.15, 0.2) is 169 Å². The zero-order valence-electron chi connectivity index (χ0n) is 31.5. The second kappa shape index (κ2) is 12.6. The molecule has 0 N–H and O–H groups in total.